The summed E-state index contributed by atoms with van der Waals surface area (Å²) < 4.78 is 6.74. The first-order chi connectivity index (χ1) is 14.1. The van der Waals surface area contributed by atoms with Crippen molar-refractivity contribution >= 4 is 34.7 Å². The fourth-order valence-corrected chi connectivity index (χ4v) is 4.55. The first-order valence-electron chi connectivity index (χ1n) is 9.08. The number of aryl methyl sites for hydroxylation is 2. The molecule has 146 valence electrons. The molecule has 5 nitrogen and oxygen atoms in total. The van der Waals surface area contributed by atoms with Gasteiger partial charge in [0.1, 0.15) is 5.76 Å². The highest BCUT2D eigenvalue weighted by molar-refractivity contribution is 8.01. The number of rotatable bonds is 6. The molecular weight excluding hydrogens is 402 g/mol. The Labute approximate surface area is 177 Å². The van der Waals surface area contributed by atoms with Crippen LogP contribution in [0, 0.1) is 13.8 Å². The Balaban J connectivity index is 1.38. The molecule has 2 aromatic carbocycles. The number of carbonyl (C=O) groups is 1. The molecule has 4 rings (SSSR count). The SMILES string of the molecule is Cc1csc(Sc2ccc(NC(=O)Cc3nc(-c4ccccc4)oc3C)cc2)n1. The predicted molar refractivity (Wildman–Crippen MR) is 116 cm³/mol. The van der Waals surface area contributed by atoms with E-state index < -0.39 is 0 Å². The molecule has 1 N–H and O–H groups in total. The highest BCUT2D eigenvalue weighted by atomic mass is 32.2. The second kappa shape index (κ2) is 8.63. The molecule has 0 unspecified atom stereocenters. The number of hydrogen-bond acceptors (Lipinski definition) is 6. The number of nitrogens with one attached hydrogen (secondary N) is 1. The van der Waals surface area contributed by atoms with E-state index in [0.29, 0.717) is 17.3 Å². The summed E-state index contributed by atoms with van der Waals surface area (Å²) in [4.78, 5) is 22.5. The fraction of sp³-hybridized carbons (Fsp3) is 0.136. The molecule has 0 aliphatic heterocycles. The molecule has 29 heavy (non-hydrogen) atoms. The Morgan fingerprint density at radius 2 is 1.83 bits per heavy atom. The maximum Gasteiger partial charge on any atom is 0.230 e. The number of thiazole rings is 1. The number of amides is 1. The Kier molecular flexibility index (Phi) is 5.78. The third kappa shape index (κ3) is 4.93. The summed E-state index contributed by atoms with van der Waals surface area (Å²) >= 11 is 3.24. The third-order valence-electron chi connectivity index (χ3n) is 4.18. The minimum absolute atomic E-state index is 0.128. The van der Waals surface area contributed by atoms with E-state index >= 15 is 0 Å². The van der Waals surface area contributed by atoms with Crippen LogP contribution in [-0.2, 0) is 11.2 Å². The quantitative estimate of drug-likeness (QED) is 0.429. The van der Waals surface area contributed by atoms with Gasteiger partial charge in [0.05, 0.1) is 12.1 Å². The molecule has 0 saturated carbocycles. The normalized spacial score (nSPS) is 10.8. The van der Waals surface area contributed by atoms with Gasteiger partial charge in [0, 0.05) is 27.2 Å². The molecule has 0 fully saturated rings. The summed E-state index contributed by atoms with van der Waals surface area (Å²) in [5, 5.41) is 4.95. The lowest BCUT2D eigenvalue weighted by molar-refractivity contribution is -0.115. The summed E-state index contributed by atoms with van der Waals surface area (Å²) in [5.41, 5.74) is 3.32. The van der Waals surface area contributed by atoms with Gasteiger partial charge in [-0.15, -0.1) is 11.3 Å². The van der Waals surface area contributed by atoms with Gasteiger partial charge in [-0.05, 0) is 50.2 Å². The standard InChI is InChI=1S/C22H19N3O2S2/c1-14-13-28-22(23-14)29-18-10-8-17(9-11-18)24-20(26)12-19-15(2)27-21(25-19)16-6-4-3-5-7-16/h3-11,13H,12H2,1-2H3,(H,24,26). The van der Waals surface area contributed by atoms with Crippen LogP contribution in [0.25, 0.3) is 11.5 Å². The van der Waals surface area contributed by atoms with Gasteiger partial charge < -0.3 is 9.73 Å². The third-order valence-corrected chi connectivity index (χ3v) is 6.25. The Morgan fingerprint density at radius 1 is 1.07 bits per heavy atom. The van der Waals surface area contributed by atoms with Gasteiger partial charge >= 0.3 is 0 Å². The van der Waals surface area contributed by atoms with E-state index in [2.05, 4.69) is 15.3 Å². The number of aromatic nitrogens is 2. The van der Waals surface area contributed by atoms with Crippen LogP contribution in [0.5, 0.6) is 0 Å². The zero-order valence-corrected chi connectivity index (χ0v) is 17.6. The molecule has 0 aliphatic rings. The lowest BCUT2D eigenvalue weighted by Crippen LogP contribution is -2.15. The monoisotopic (exact) mass is 421 g/mol. The van der Waals surface area contributed by atoms with Gasteiger partial charge in [-0.1, -0.05) is 30.0 Å². The van der Waals surface area contributed by atoms with Crippen molar-refractivity contribution in [3.8, 4) is 11.5 Å². The van der Waals surface area contributed by atoms with Crippen LogP contribution in [0.2, 0.25) is 0 Å². The van der Waals surface area contributed by atoms with Gasteiger partial charge in [-0.25, -0.2) is 9.97 Å². The molecule has 4 aromatic rings. The van der Waals surface area contributed by atoms with E-state index in [-0.39, 0.29) is 12.3 Å². The second-order valence-corrected chi connectivity index (χ2v) is 8.67. The summed E-state index contributed by atoms with van der Waals surface area (Å²) in [6.07, 6.45) is 0.164. The average molecular weight is 422 g/mol. The van der Waals surface area contributed by atoms with Gasteiger partial charge in [0.2, 0.25) is 11.8 Å². The number of carbonyl (C=O) groups excluding carboxylic acids is 1. The molecule has 0 radical (unpaired) electrons. The number of nitrogens with zero attached hydrogens (tertiary/aromatic N) is 2. The smallest absolute Gasteiger partial charge is 0.230 e. The molecular formula is C22H19N3O2S2. The molecule has 1 amide bonds. The zero-order valence-electron chi connectivity index (χ0n) is 16.0. The molecule has 0 atom stereocenters. The molecule has 0 aliphatic carbocycles. The number of benzene rings is 2. The number of oxazole rings is 1. The van der Waals surface area contributed by atoms with Gasteiger partial charge in [-0.2, -0.15) is 0 Å². The maximum atomic E-state index is 12.5. The maximum absolute atomic E-state index is 12.5. The molecule has 0 bridgehead atoms. The minimum atomic E-state index is -0.128. The first-order valence-corrected chi connectivity index (χ1v) is 10.8. The Morgan fingerprint density at radius 3 is 2.52 bits per heavy atom. The van der Waals surface area contributed by atoms with E-state index in [0.717, 1.165) is 26.2 Å². The first kappa shape index (κ1) is 19.4. The Hall–Kier alpha value is -2.90. The van der Waals surface area contributed by atoms with Crippen LogP contribution in [0.1, 0.15) is 17.1 Å². The van der Waals surface area contributed by atoms with Crippen molar-refractivity contribution in [2.24, 2.45) is 0 Å². The average Bonchev–Trinajstić information content (AvgIpc) is 3.29. The van der Waals surface area contributed by atoms with Crippen molar-refractivity contribution in [2.75, 3.05) is 5.32 Å². The van der Waals surface area contributed by atoms with Gasteiger partial charge in [0.15, 0.2) is 4.34 Å². The summed E-state index contributed by atoms with van der Waals surface area (Å²) in [6, 6.07) is 17.4. The van der Waals surface area contributed by atoms with E-state index in [4.69, 9.17) is 4.42 Å². The lowest BCUT2D eigenvalue weighted by atomic mass is 10.2. The molecule has 0 saturated heterocycles. The highest BCUT2D eigenvalue weighted by Gasteiger charge is 2.15. The minimum Gasteiger partial charge on any atom is -0.441 e. The topological polar surface area (TPSA) is 68.0 Å². The number of anilines is 1. The van der Waals surface area contributed by atoms with Gasteiger partial charge in [0.25, 0.3) is 0 Å². The summed E-state index contributed by atoms with van der Waals surface area (Å²) in [7, 11) is 0. The largest absolute Gasteiger partial charge is 0.441 e. The number of hydrogen-bond donors (Lipinski definition) is 1. The van der Waals surface area contributed by atoms with Crippen molar-refractivity contribution in [3.63, 3.8) is 0 Å². The van der Waals surface area contributed by atoms with Crippen LogP contribution < -0.4 is 5.32 Å². The van der Waals surface area contributed by atoms with Gasteiger partial charge in [-0.3, -0.25) is 4.79 Å². The Bertz CT molecular complexity index is 1120. The lowest BCUT2D eigenvalue weighted by Gasteiger charge is -2.05. The zero-order chi connectivity index (χ0) is 20.2. The van der Waals surface area contributed by atoms with Crippen LogP contribution in [0.4, 0.5) is 5.69 Å². The van der Waals surface area contributed by atoms with E-state index in [1.54, 1.807) is 23.1 Å². The van der Waals surface area contributed by atoms with Crippen LogP contribution >= 0.6 is 23.1 Å². The highest BCUT2D eigenvalue weighted by Crippen LogP contribution is 2.31. The molecule has 2 aromatic heterocycles. The van der Waals surface area contributed by atoms with Crippen molar-refractivity contribution in [1.29, 1.82) is 0 Å². The molecule has 0 spiro atoms. The van der Waals surface area contributed by atoms with E-state index in [1.165, 1.54) is 0 Å². The van der Waals surface area contributed by atoms with Crippen molar-refractivity contribution in [2.45, 2.75) is 29.5 Å². The van der Waals surface area contributed by atoms with Crippen molar-refractivity contribution in [3.05, 3.63) is 77.1 Å². The summed E-state index contributed by atoms with van der Waals surface area (Å²) in [5.74, 6) is 1.06. The van der Waals surface area contributed by atoms with Crippen LogP contribution in [0.3, 0.4) is 0 Å². The van der Waals surface area contributed by atoms with E-state index in [1.807, 2.05) is 73.8 Å². The van der Waals surface area contributed by atoms with Crippen molar-refractivity contribution in [1.82, 2.24) is 9.97 Å². The predicted octanol–water partition coefficient (Wildman–Crippen LogP) is 5.75. The molecule has 7 heteroatoms. The molecule has 2 heterocycles. The van der Waals surface area contributed by atoms with E-state index in [9.17, 15) is 4.79 Å². The fourth-order valence-electron chi connectivity index (χ4n) is 2.74. The second-order valence-electron chi connectivity index (χ2n) is 6.49. The van der Waals surface area contributed by atoms with Crippen LogP contribution in [0.15, 0.2) is 73.6 Å². The van der Waals surface area contributed by atoms with Crippen molar-refractivity contribution < 1.29 is 9.21 Å². The van der Waals surface area contributed by atoms with Crippen LogP contribution in [-0.4, -0.2) is 15.9 Å². The summed E-state index contributed by atoms with van der Waals surface area (Å²) in [6.45, 7) is 3.81.